The minimum absolute atomic E-state index is 0.355. The maximum atomic E-state index is 4.80. The van der Waals surface area contributed by atoms with E-state index in [0.717, 1.165) is 59.9 Å². The zero-order valence-corrected chi connectivity index (χ0v) is 16.9. The third-order valence-electron chi connectivity index (χ3n) is 6.38. The van der Waals surface area contributed by atoms with Crippen LogP contribution in [0.4, 0.5) is 0 Å². The molecule has 0 spiro atoms. The number of nitrogens with zero attached hydrogens (tertiary/aromatic N) is 2. The second-order valence-electron chi connectivity index (χ2n) is 8.41. The Kier molecular flexibility index (Phi) is 4.39. The summed E-state index contributed by atoms with van der Waals surface area (Å²) in [4.78, 5) is 16.5. The van der Waals surface area contributed by atoms with E-state index >= 15 is 0 Å². The van der Waals surface area contributed by atoms with Gasteiger partial charge >= 0.3 is 0 Å². The van der Waals surface area contributed by atoms with Gasteiger partial charge in [-0.25, -0.2) is 9.97 Å². The first-order valence-electron chi connectivity index (χ1n) is 11.0. The van der Waals surface area contributed by atoms with Crippen LogP contribution < -0.4 is 10.6 Å². The first-order chi connectivity index (χ1) is 14.8. The van der Waals surface area contributed by atoms with Gasteiger partial charge in [0.15, 0.2) is 0 Å². The van der Waals surface area contributed by atoms with Crippen molar-refractivity contribution in [2.75, 3.05) is 13.1 Å². The van der Waals surface area contributed by atoms with E-state index in [1.165, 1.54) is 24.0 Å². The van der Waals surface area contributed by atoms with Crippen LogP contribution in [0.2, 0.25) is 0 Å². The number of nitrogens with one attached hydrogen (secondary N) is 4. The van der Waals surface area contributed by atoms with E-state index in [1.54, 1.807) is 0 Å². The number of rotatable bonds is 4. The van der Waals surface area contributed by atoms with E-state index in [1.807, 2.05) is 6.20 Å². The Bertz CT molecular complexity index is 1180. The summed E-state index contributed by atoms with van der Waals surface area (Å²) in [5.74, 6) is 2.10. The summed E-state index contributed by atoms with van der Waals surface area (Å²) in [7, 11) is 0. The average Bonchev–Trinajstić information content (AvgIpc) is 3.58. The summed E-state index contributed by atoms with van der Waals surface area (Å²) in [5, 5.41) is 7.03. The fraction of sp³-hybridized carbons (Fsp3) is 0.333. The Balaban J connectivity index is 1.31. The molecule has 0 bridgehead atoms. The van der Waals surface area contributed by atoms with Gasteiger partial charge in [0.25, 0.3) is 0 Å². The van der Waals surface area contributed by atoms with Crippen LogP contribution in [-0.2, 0) is 0 Å². The highest BCUT2D eigenvalue weighted by molar-refractivity contribution is 5.83. The van der Waals surface area contributed by atoms with Crippen LogP contribution in [-0.4, -0.2) is 33.0 Å². The van der Waals surface area contributed by atoms with Gasteiger partial charge in [0.05, 0.1) is 35.0 Å². The summed E-state index contributed by atoms with van der Waals surface area (Å²) < 4.78 is 0. The first kappa shape index (κ1) is 17.9. The van der Waals surface area contributed by atoms with Gasteiger partial charge in [-0.1, -0.05) is 24.3 Å². The zero-order valence-electron chi connectivity index (χ0n) is 16.9. The Morgan fingerprint density at radius 1 is 0.767 bits per heavy atom. The molecule has 4 aromatic rings. The molecule has 152 valence electrons. The molecule has 4 N–H and O–H groups in total. The lowest BCUT2D eigenvalue weighted by Gasteiger charge is -2.07. The van der Waals surface area contributed by atoms with Crippen LogP contribution in [0.15, 0.2) is 48.7 Å². The smallest absolute Gasteiger partial charge is 0.124 e. The topological polar surface area (TPSA) is 81.4 Å². The first-order valence-corrected chi connectivity index (χ1v) is 11.0. The molecule has 2 atom stereocenters. The van der Waals surface area contributed by atoms with Gasteiger partial charge in [-0.3, -0.25) is 0 Å². The number of hydrogen-bond acceptors (Lipinski definition) is 4. The Morgan fingerprint density at radius 3 is 2.33 bits per heavy atom. The molecule has 30 heavy (non-hydrogen) atoms. The van der Waals surface area contributed by atoms with Crippen LogP contribution in [0, 0.1) is 0 Å². The average molecular weight is 399 g/mol. The fourth-order valence-corrected chi connectivity index (χ4v) is 4.74. The molecule has 2 fully saturated rings. The Hall–Kier alpha value is -2.96. The molecule has 2 aromatic carbocycles. The van der Waals surface area contributed by atoms with E-state index in [0.29, 0.717) is 12.1 Å². The third kappa shape index (κ3) is 3.22. The highest BCUT2D eigenvalue weighted by Gasteiger charge is 2.20. The number of H-pyrrole nitrogens is 2. The van der Waals surface area contributed by atoms with E-state index in [2.05, 4.69) is 68.1 Å². The number of fused-ring (bicyclic) bond motifs is 1. The third-order valence-corrected chi connectivity index (χ3v) is 6.38. The van der Waals surface area contributed by atoms with Crippen molar-refractivity contribution in [3.63, 3.8) is 0 Å². The second kappa shape index (κ2) is 7.38. The van der Waals surface area contributed by atoms with E-state index < -0.39 is 0 Å². The lowest BCUT2D eigenvalue weighted by molar-refractivity contribution is 0.613. The highest BCUT2D eigenvalue weighted by atomic mass is 15.0. The van der Waals surface area contributed by atoms with Crippen molar-refractivity contribution in [3.05, 3.63) is 60.3 Å². The molecule has 0 unspecified atom stereocenters. The van der Waals surface area contributed by atoms with E-state index in [9.17, 15) is 0 Å². The maximum Gasteiger partial charge on any atom is 0.124 e. The number of imidazole rings is 2. The normalized spacial score (nSPS) is 21.6. The minimum atomic E-state index is 0.355. The second-order valence-corrected chi connectivity index (χ2v) is 8.41. The molecular formula is C24H26N6. The standard InChI is InChI=1S/C24H26N6/c1-4-15(12-17(5-1)22-14-27-23(30-22)19-6-2-10-25-19)16-8-9-18-21(13-16)29-24(28-18)20-7-3-11-26-20/h1,4-5,8-9,12-14,19-20,25-26H,2-3,6-7,10-11H2,(H,27,30)(H,28,29)/t19-,20-/m0/s1. The molecule has 0 radical (unpaired) electrons. The summed E-state index contributed by atoms with van der Waals surface area (Å²) in [6.07, 6.45) is 6.68. The van der Waals surface area contributed by atoms with Crippen LogP contribution in [0.3, 0.4) is 0 Å². The number of aromatic amines is 2. The lowest BCUT2D eigenvalue weighted by Crippen LogP contribution is -2.14. The molecule has 6 rings (SSSR count). The van der Waals surface area contributed by atoms with Crippen LogP contribution in [0.5, 0.6) is 0 Å². The molecule has 6 heteroatoms. The predicted molar refractivity (Wildman–Crippen MR) is 119 cm³/mol. The fourth-order valence-electron chi connectivity index (χ4n) is 4.74. The number of hydrogen-bond donors (Lipinski definition) is 4. The van der Waals surface area contributed by atoms with Crippen molar-refractivity contribution < 1.29 is 0 Å². The van der Waals surface area contributed by atoms with Crippen molar-refractivity contribution in [3.8, 4) is 22.4 Å². The van der Waals surface area contributed by atoms with Gasteiger partial charge in [0.1, 0.15) is 11.6 Å². The molecule has 0 amide bonds. The Labute approximate surface area is 175 Å². The zero-order chi connectivity index (χ0) is 19.9. The minimum Gasteiger partial charge on any atom is -0.341 e. The summed E-state index contributed by atoms with van der Waals surface area (Å²) in [6.45, 7) is 2.15. The van der Waals surface area contributed by atoms with Gasteiger partial charge in [0.2, 0.25) is 0 Å². The van der Waals surface area contributed by atoms with Crippen molar-refractivity contribution in [1.29, 1.82) is 0 Å². The van der Waals surface area contributed by atoms with Crippen molar-refractivity contribution in [2.45, 2.75) is 37.8 Å². The number of benzene rings is 2. The quantitative estimate of drug-likeness (QED) is 0.409. The highest BCUT2D eigenvalue weighted by Crippen LogP contribution is 2.30. The molecular weight excluding hydrogens is 372 g/mol. The maximum absolute atomic E-state index is 4.80. The number of aromatic nitrogens is 4. The Morgan fingerprint density at radius 2 is 1.53 bits per heavy atom. The molecule has 2 aliphatic rings. The van der Waals surface area contributed by atoms with E-state index in [-0.39, 0.29) is 0 Å². The van der Waals surface area contributed by atoms with Crippen LogP contribution in [0.25, 0.3) is 33.4 Å². The predicted octanol–water partition coefficient (Wildman–Crippen LogP) is 4.47. The van der Waals surface area contributed by atoms with Gasteiger partial charge in [-0.2, -0.15) is 0 Å². The molecule has 0 aliphatic carbocycles. The van der Waals surface area contributed by atoms with Gasteiger partial charge in [0, 0.05) is 5.56 Å². The van der Waals surface area contributed by atoms with E-state index in [4.69, 9.17) is 4.98 Å². The molecule has 2 aromatic heterocycles. The molecule has 6 nitrogen and oxygen atoms in total. The van der Waals surface area contributed by atoms with Crippen LogP contribution in [0.1, 0.15) is 49.4 Å². The molecule has 2 saturated heterocycles. The van der Waals surface area contributed by atoms with Crippen molar-refractivity contribution in [2.24, 2.45) is 0 Å². The monoisotopic (exact) mass is 398 g/mol. The van der Waals surface area contributed by atoms with Gasteiger partial charge in [-0.15, -0.1) is 0 Å². The molecule has 2 aliphatic heterocycles. The molecule has 4 heterocycles. The van der Waals surface area contributed by atoms with Crippen LogP contribution >= 0.6 is 0 Å². The van der Waals surface area contributed by atoms with Gasteiger partial charge in [-0.05, 0) is 68.1 Å². The summed E-state index contributed by atoms with van der Waals surface area (Å²) >= 11 is 0. The summed E-state index contributed by atoms with van der Waals surface area (Å²) in [5.41, 5.74) is 6.73. The SMILES string of the molecule is c1cc(-c2ccc3nc([C@@H]4CCCN4)[nH]c3c2)cc(-c2cnc([C@@H]3CCCN3)[nH]2)c1. The molecule has 0 saturated carbocycles. The van der Waals surface area contributed by atoms with Crippen molar-refractivity contribution >= 4 is 11.0 Å². The summed E-state index contributed by atoms with van der Waals surface area (Å²) in [6, 6.07) is 15.8. The van der Waals surface area contributed by atoms with Gasteiger partial charge < -0.3 is 20.6 Å². The lowest BCUT2D eigenvalue weighted by atomic mass is 10.0. The van der Waals surface area contributed by atoms with Crippen molar-refractivity contribution in [1.82, 2.24) is 30.6 Å². The largest absolute Gasteiger partial charge is 0.341 e.